The van der Waals surface area contributed by atoms with Gasteiger partial charge in [0, 0.05) is 26.2 Å². The van der Waals surface area contributed by atoms with Crippen LogP contribution in [0.3, 0.4) is 0 Å². The van der Waals surface area contributed by atoms with E-state index in [1.807, 2.05) is 0 Å². The second kappa shape index (κ2) is 7.73. The lowest BCUT2D eigenvalue weighted by atomic mass is 10.3. The van der Waals surface area contributed by atoms with Gasteiger partial charge in [-0.1, -0.05) is 11.6 Å². The molecular weight excluding hydrogens is 383 g/mol. The Hall–Kier alpha value is -1.97. The van der Waals surface area contributed by atoms with Gasteiger partial charge in [-0.15, -0.1) is 0 Å². The first kappa shape index (κ1) is 20.3. The van der Waals surface area contributed by atoms with Gasteiger partial charge in [0.2, 0.25) is 15.9 Å². The Labute approximate surface area is 156 Å². The van der Waals surface area contributed by atoms with E-state index < -0.39 is 15.8 Å². The maximum absolute atomic E-state index is 13.1. The standard InChI is InChI=1S/C16H20ClFN4O3S/c1-10-16(26(24,25)21(3)4)11(2)22(20-10)8-7-15(23)19-12-5-6-14(18)13(17)9-12/h5-6,9H,7-8H2,1-4H3,(H,19,23). The molecule has 0 saturated heterocycles. The van der Waals surface area contributed by atoms with E-state index in [2.05, 4.69) is 10.4 Å². The monoisotopic (exact) mass is 402 g/mol. The van der Waals surface area contributed by atoms with Gasteiger partial charge in [0.15, 0.2) is 0 Å². The average molecular weight is 403 g/mol. The molecule has 7 nitrogen and oxygen atoms in total. The molecule has 2 aromatic rings. The Balaban J connectivity index is 2.10. The number of halogens is 2. The smallest absolute Gasteiger partial charge is 0.246 e. The third-order valence-corrected chi connectivity index (χ3v) is 6.17. The second-order valence-corrected chi connectivity index (χ2v) is 8.43. The fourth-order valence-electron chi connectivity index (χ4n) is 2.46. The number of sulfonamides is 1. The van der Waals surface area contributed by atoms with Crippen molar-refractivity contribution in [3.05, 3.63) is 40.4 Å². The lowest BCUT2D eigenvalue weighted by Crippen LogP contribution is -2.23. The van der Waals surface area contributed by atoms with E-state index in [4.69, 9.17) is 11.6 Å². The molecule has 1 heterocycles. The SMILES string of the molecule is Cc1nn(CCC(=O)Nc2ccc(F)c(Cl)c2)c(C)c1S(=O)(=O)N(C)C. The van der Waals surface area contributed by atoms with Crippen molar-refractivity contribution in [3.8, 4) is 0 Å². The summed E-state index contributed by atoms with van der Waals surface area (Å²) in [5, 5.41) is 6.75. The lowest BCUT2D eigenvalue weighted by molar-refractivity contribution is -0.116. The average Bonchev–Trinajstić information content (AvgIpc) is 2.83. The molecule has 0 aliphatic carbocycles. The van der Waals surface area contributed by atoms with E-state index >= 15 is 0 Å². The summed E-state index contributed by atoms with van der Waals surface area (Å²) in [6.07, 6.45) is 0.0679. The van der Waals surface area contributed by atoms with Crippen LogP contribution in [0.25, 0.3) is 0 Å². The predicted octanol–water partition coefficient (Wildman–Crippen LogP) is 2.57. The summed E-state index contributed by atoms with van der Waals surface area (Å²) in [6.45, 7) is 3.46. The number of hydrogen-bond donors (Lipinski definition) is 1. The van der Waals surface area contributed by atoms with Gasteiger partial charge in [0.25, 0.3) is 0 Å². The van der Waals surface area contributed by atoms with Gasteiger partial charge in [0.1, 0.15) is 10.7 Å². The Morgan fingerprint density at radius 3 is 2.58 bits per heavy atom. The first-order valence-electron chi connectivity index (χ1n) is 7.75. The summed E-state index contributed by atoms with van der Waals surface area (Å²) in [7, 11) is -0.712. The molecule has 1 amide bonds. The van der Waals surface area contributed by atoms with Gasteiger partial charge in [0.05, 0.1) is 23.0 Å². The molecule has 1 aromatic carbocycles. The molecule has 0 aliphatic heterocycles. The number of nitrogens with zero attached hydrogens (tertiary/aromatic N) is 3. The molecule has 0 atom stereocenters. The van der Waals surface area contributed by atoms with Crippen molar-refractivity contribution in [2.75, 3.05) is 19.4 Å². The fraction of sp³-hybridized carbons (Fsp3) is 0.375. The molecular formula is C16H20ClFN4O3S. The minimum atomic E-state index is -3.61. The summed E-state index contributed by atoms with van der Waals surface area (Å²) < 4.78 is 40.5. The van der Waals surface area contributed by atoms with Crippen LogP contribution in [0.2, 0.25) is 5.02 Å². The highest BCUT2D eigenvalue weighted by molar-refractivity contribution is 7.89. The molecule has 26 heavy (non-hydrogen) atoms. The molecule has 142 valence electrons. The fourth-order valence-corrected chi connectivity index (χ4v) is 3.90. The zero-order valence-corrected chi connectivity index (χ0v) is 16.4. The van der Waals surface area contributed by atoms with E-state index in [-0.39, 0.29) is 28.8 Å². The molecule has 0 radical (unpaired) electrons. The number of rotatable bonds is 6. The van der Waals surface area contributed by atoms with Crippen LogP contribution in [0.1, 0.15) is 17.8 Å². The van der Waals surface area contributed by atoms with E-state index in [1.165, 1.54) is 30.9 Å². The second-order valence-electron chi connectivity index (χ2n) is 5.94. The number of aryl methyl sites for hydroxylation is 2. The summed E-state index contributed by atoms with van der Waals surface area (Å²) >= 11 is 5.68. The molecule has 0 fully saturated rings. The van der Waals surface area contributed by atoms with Gasteiger partial charge in [-0.2, -0.15) is 5.10 Å². The summed E-state index contributed by atoms with van der Waals surface area (Å²) in [6, 6.07) is 3.89. The van der Waals surface area contributed by atoms with Crippen molar-refractivity contribution in [1.29, 1.82) is 0 Å². The normalized spacial score (nSPS) is 11.8. The number of hydrogen-bond acceptors (Lipinski definition) is 4. The molecule has 0 saturated carbocycles. The Morgan fingerprint density at radius 1 is 1.35 bits per heavy atom. The van der Waals surface area contributed by atoms with Gasteiger partial charge < -0.3 is 5.32 Å². The third kappa shape index (κ3) is 4.22. The van der Waals surface area contributed by atoms with Gasteiger partial charge in [-0.25, -0.2) is 17.1 Å². The minimum absolute atomic E-state index is 0.0679. The molecule has 10 heteroatoms. The molecule has 1 N–H and O–H groups in total. The van der Waals surface area contributed by atoms with Crippen molar-refractivity contribution in [3.63, 3.8) is 0 Å². The Morgan fingerprint density at radius 2 is 2.00 bits per heavy atom. The number of carbonyl (C=O) groups excluding carboxylic acids is 1. The molecule has 0 aliphatic rings. The van der Waals surface area contributed by atoms with E-state index in [1.54, 1.807) is 13.8 Å². The van der Waals surface area contributed by atoms with Crippen LogP contribution in [-0.2, 0) is 21.4 Å². The molecule has 0 unspecified atom stereocenters. The number of amides is 1. The highest BCUT2D eigenvalue weighted by Crippen LogP contribution is 2.22. The maximum atomic E-state index is 13.1. The molecule has 1 aromatic heterocycles. The van der Waals surface area contributed by atoms with Crippen molar-refractivity contribution >= 4 is 33.2 Å². The van der Waals surface area contributed by atoms with Gasteiger partial charge in [-0.3, -0.25) is 9.48 Å². The van der Waals surface area contributed by atoms with Crippen LogP contribution < -0.4 is 5.32 Å². The Kier molecular flexibility index (Phi) is 6.05. The van der Waals surface area contributed by atoms with Crippen LogP contribution >= 0.6 is 11.6 Å². The Bertz CT molecular complexity index is 941. The van der Waals surface area contributed by atoms with Crippen molar-refractivity contribution in [2.45, 2.75) is 31.7 Å². The first-order valence-corrected chi connectivity index (χ1v) is 9.57. The quantitative estimate of drug-likeness (QED) is 0.804. The lowest BCUT2D eigenvalue weighted by Gasteiger charge is -2.12. The van der Waals surface area contributed by atoms with Crippen molar-refractivity contribution in [1.82, 2.24) is 14.1 Å². The number of benzene rings is 1. The van der Waals surface area contributed by atoms with Crippen LogP contribution in [0.15, 0.2) is 23.1 Å². The summed E-state index contributed by atoms with van der Waals surface area (Å²) in [4.78, 5) is 12.2. The highest BCUT2D eigenvalue weighted by Gasteiger charge is 2.26. The zero-order chi connectivity index (χ0) is 19.6. The van der Waals surface area contributed by atoms with E-state index in [0.717, 1.165) is 10.4 Å². The molecule has 0 bridgehead atoms. The molecule has 0 spiro atoms. The number of nitrogens with one attached hydrogen (secondary N) is 1. The van der Waals surface area contributed by atoms with Gasteiger partial charge in [-0.05, 0) is 32.0 Å². The largest absolute Gasteiger partial charge is 0.326 e. The van der Waals surface area contributed by atoms with Crippen molar-refractivity contribution < 1.29 is 17.6 Å². The highest BCUT2D eigenvalue weighted by atomic mass is 35.5. The van der Waals surface area contributed by atoms with Crippen LogP contribution in [0, 0.1) is 19.7 Å². The number of aromatic nitrogens is 2. The first-order chi connectivity index (χ1) is 12.0. The van der Waals surface area contributed by atoms with Crippen LogP contribution in [-0.4, -0.2) is 42.5 Å². The van der Waals surface area contributed by atoms with Crippen LogP contribution in [0.4, 0.5) is 10.1 Å². The van der Waals surface area contributed by atoms with Crippen molar-refractivity contribution in [2.24, 2.45) is 0 Å². The topological polar surface area (TPSA) is 84.3 Å². The van der Waals surface area contributed by atoms with Gasteiger partial charge >= 0.3 is 0 Å². The van der Waals surface area contributed by atoms with E-state index in [0.29, 0.717) is 17.1 Å². The number of carbonyl (C=O) groups is 1. The van der Waals surface area contributed by atoms with E-state index in [9.17, 15) is 17.6 Å². The summed E-state index contributed by atoms with van der Waals surface area (Å²) in [5.74, 6) is -0.890. The third-order valence-electron chi connectivity index (χ3n) is 3.81. The van der Waals surface area contributed by atoms with Crippen LogP contribution in [0.5, 0.6) is 0 Å². The summed E-state index contributed by atoms with van der Waals surface area (Å²) in [5.41, 5.74) is 1.22. The number of anilines is 1. The molecule has 2 rings (SSSR count). The predicted molar refractivity (Wildman–Crippen MR) is 97.2 cm³/mol. The zero-order valence-electron chi connectivity index (χ0n) is 14.9. The minimum Gasteiger partial charge on any atom is -0.326 e. The maximum Gasteiger partial charge on any atom is 0.246 e.